The molecule has 1 N–H and O–H groups in total. The summed E-state index contributed by atoms with van der Waals surface area (Å²) in [5, 5.41) is 1.96. The predicted octanol–water partition coefficient (Wildman–Crippen LogP) is 3.66. The Hall–Kier alpha value is -1.75. The van der Waals surface area contributed by atoms with E-state index in [1.165, 1.54) is 5.56 Å². The van der Waals surface area contributed by atoms with Gasteiger partial charge in [0.2, 0.25) is 0 Å². The van der Waals surface area contributed by atoms with E-state index in [0.717, 1.165) is 36.8 Å². The van der Waals surface area contributed by atoms with Crippen LogP contribution in [0, 0.1) is 0 Å². The SMILES string of the molecule is CC(C)Oc1ccc(CCC/C=C2/SC(=O)NC2=O)cc1. The lowest BCUT2D eigenvalue weighted by molar-refractivity contribution is -0.115. The highest BCUT2D eigenvalue weighted by Gasteiger charge is 2.24. The van der Waals surface area contributed by atoms with Gasteiger partial charge in [0, 0.05) is 0 Å². The fourth-order valence-corrected chi connectivity index (χ4v) is 2.69. The Morgan fingerprint density at radius 2 is 1.95 bits per heavy atom. The lowest BCUT2D eigenvalue weighted by atomic mass is 10.1. The maximum Gasteiger partial charge on any atom is 0.290 e. The number of unbranched alkanes of at least 4 members (excludes halogenated alkanes) is 1. The number of carbonyl (C=O) groups excluding carboxylic acids is 2. The summed E-state index contributed by atoms with van der Waals surface area (Å²) in [6.45, 7) is 4.01. The average Bonchev–Trinajstić information content (AvgIpc) is 2.74. The van der Waals surface area contributed by atoms with Gasteiger partial charge in [0.05, 0.1) is 11.0 Å². The maximum atomic E-state index is 11.3. The summed E-state index contributed by atoms with van der Waals surface area (Å²) in [5.41, 5.74) is 1.24. The fraction of sp³-hybridized carbons (Fsp3) is 0.375. The van der Waals surface area contributed by atoms with Crippen molar-refractivity contribution in [2.24, 2.45) is 0 Å². The molecule has 1 aliphatic rings. The molecule has 0 atom stereocenters. The van der Waals surface area contributed by atoms with Crippen LogP contribution in [0.15, 0.2) is 35.2 Å². The van der Waals surface area contributed by atoms with E-state index in [1.807, 2.05) is 32.1 Å². The van der Waals surface area contributed by atoms with Crippen molar-refractivity contribution in [3.63, 3.8) is 0 Å². The average molecular weight is 305 g/mol. The molecule has 2 rings (SSSR count). The first kappa shape index (κ1) is 15.6. The zero-order chi connectivity index (χ0) is 15.2. The molecule has 1 aromatic carbocycles. The van der Waals surface area contributed by atoms with E-state index >= 15 is 0 Å². The lowest BCUT2D eigenvalue weighted by Gasteiger charge is -2.09. The number of thioether (sulfide) groups is 1. The molecule has 0 radical (unpaired) electrons. The van der Waals surface area contributed by atoms with Crippen molar-refractivity contribution < 1.29 is 14.3 Å². The number of hydrogen-bond acceptors (Lipinski definition) is 4. The van der Waals surface area contributed by atoms with E-state index in [-0.39, 0.29) is 17.3 Å². The summed E-state index contributed by atoms with van der Waals surface area (Å²) in [6, 6.07) is 8.08. The Labute approximate surface area is 128 Å². The summed E-state index contributed by atoms with van der Waals surface area (Å²) in [4.78, 5) is 22.9. The molecule has 0 aromatic heterocycles. The zero-order valence-corrected chi connectivity index (χ0v) is 13.0. The van der Waals surface area contributed by atoms with Crippen LogP contribution < -0.4 is 10.1 Å². The molecule has 1 aromatic rings. The molecule has 5 heteroatoms. The van der Waals surface area contributed by atoms with Crippen molar-refractivity contribution in [1.29, 1.82) is 0 Å². The largest absolute Gasteiger partial charge is 0.491 e. The smallest absolute Gasteiger partial charge is 0.290 e. The van der Waals surface area contributed by atoms with E-state index in [2.05, 4.69) is 17.4 Å². The Morgan fingerprint density at radius 1 is 1.24 bits per heavy atom. The van der Waals surface area contributed by atoms with Crippen LogP contribution in [0.1, 0.15) is 32.3 Å². The van der Waals surface area contributed by atoms with Gasteiger partial charge in [-0.15, -0.1) is 0 Å². The summed E-state index contributed by atoms with van der Waals surface area (Å²) >= 11 is 0.972. The Balaban J connectivity index is 1.77. The predicted molar refractivity (Wildman–Crippen MR) is 84.4 cm³/mol. The Kier molecular flexibility index (Phi) is 5.44. The third-order valence-corrected chi connectivity index (χ3v) is 3.80. The van der Waals surface area contributed by atoms with Gasteiger partial charge in [-0.3, -0.25) is 14.9 Å². The number of hydrogen-bond donors (Lipinski definition) is 1. The second-order valence-electron chi connectivity index (χ2n) is 5.11. The highest BCUT2D eigenvalue weighted by Crippen LogP contribution is 2.24. The van der Waals surface area contributed by atoms with Crippen LogP contribution in [0.4, 0.5) is 4.79 Å². The molecule has 1 aliphatic heterocycles. The molecule has 112 valence electrons. The molecule has 1 fully saturated rings. The van der Waals surface area contributed by atoms with Crippen molar-refractivity contribution >= 4 is 22.9 Å². The van der Waals surface area contributed by atoms with E-state index in [1.54, 1.807) is 0 Å². The first-order valence-corrected chi connectivity index (χ1v) is 7.85. The number of rotatable bonds is 6. The molecule has 21 heavy (non-hydrogen) atoms. The minimum absolute atomic E-state index is 0.181. The first-order valence-electron chi connectivity index (χ1n) is 7.03. The molecule has 0 unspecified atom stereocenters. The molecular weight excluding hydrogens is 286 g/mol. The topological polar surface area (TPSA) is 55.4 Å². The van der Waals surface area contributed by atoms with E-state index < -0.39 is 0 Å². The van der Waals surface area contributed by atoms with Crippen LogP contribution in [0.3, 0.4) is 0 Å². The molecular formula is C16H19NO3S. The molecule has 4 nitrogen and oxygen atoms in total. The summed E-state index contributed by atoms with van der Waals surface area (Å²) in [5.74, 6) is 0.605. The van der Waals surface area contributed by atoms with Gasteiger partial charge in [0.15, 0.2) is 0 Å². The van der Waals surface area contributed by atoms with Gasteiger partial charge in [-0.1, -0.05) is 18.2 Å². The van der Waals surface area contributed by atoms with Gasteiger partial charge >= 0.3 is 0 Å². The van der Waals surface area contributed by atoms with Crippen molar-refractivity contribution in [2.75, 3.05) is 0 Å². The van der Waals surface area contributed by atoms with Gasteiger partial charge in [0.1, 0.15) is 5.75 Å². The zero-order valence-electron chi connectivity index (χ0n) is 12.2. The van der Waals surface area contributed by atoms with Crippen LogP contribution in [-0.4, -0.2) is 17.3 Å². The molecule has 0 bridgehead atoms. The van der Waals surface area contributed by atoms with Crippen molar-refractivity contribution in [3.8, 4) is 5.75 Å². The minimum atomic E-state index is -0.285. The van der Waals surface area contributed by atoms with Crippen molar-refractivity contribution in [3.05, 3.63) is 40.8 Å². The third-order valence-electron chi connectivity index (χ3n) is 2.94. The quantitative estimate of drug-likeness (QED) is 0.643. The standard InChI is InChI=1S/C16H19NO3S/c1-11(2)20-13-9-7-12(8-10-13)5-3-4-6-14-15(18)17-16(19)21-14/h6-11H,3-5H2,1-2H3,(H,17,18,19)/b14-6+. The highest BCUT2D eigenvalue weighted by atomic mass is 32.2. The number of benzene rings is 1. The van der Waals surface area contributed by atoms with Crippen molar-refractivity contribution in [1.82, 2.24) is 5.32 Å². The lowest BCUT2D eigenvalue weighted by Crippen LogP contribution is -2.17. The number of amides is 2. The molecule has 0 saturated carbocycles. The molecule has 0 spiro atoms. The second-order valence-corrected chi connectivity index (χ2v) is 6.13. The van der Waals surface area contributed by atoms with E-state index in [0.29, 0.717) is 4.91 Å². The van der Waals surface area contributed by atoms with Crippen LogP contribution in [0.25, 0.3) is 0 Å². The normalized spacial score (nSPS) is 16.6. The number of nitrogens with one attached hydrogen (secondary N) is 1. The van der Waals surface area contributed by atoms with E-state index in [9.17, 15) is 9.59 Å². The first-order chi connectivity index (χ1) is 10.0. The molecule has 1 saturated heterocycles. The number of aryl methyl sites for hydroxylation is 1. The van der Waals surface area contributed by atoms with Gasteiger partial charge in [0.25, 0.3) is 11.1 Å². The second kappa shape index (κ2) is 7.31. The van der Waals surface area contributed by atoms with Crippen molar-refractivity contribution in [2.45, 2.75) is 39.2 Å². The molecule has 2 amide bonds. The highest BCUT2D eigenvalue weighted by molar-refractivity contribution is 8.18. The maximum absolute atomic E-state index is 11.3. The van der Waals surface area contributed by atoms with Gasteiger partial charge in [-0.25, -0.2) is 0 Å². The summed E-state index contributed by atoms with van der Waals surface area (Å²) < 4.78 is 5.60. The fourth-order valence-electron chi connectivity index (χ4n) is 2.01. The monoisotopic (exact) mass is 305 g/mol. The molecule has 1 heterocycles. The van der Waals surface area contributed by atoms with Crippen LogP contribution >= 0.6 is 11.8 Å². The Morgan fingerprint density at radius 3 is 2.52 bits per heavy atom. The number of ether oxygens (including phenoxy) is 1. The van der Waals surface area contributed by atoms with E-state index in [4.69, 9.17) is 4.74 Å². The van der Waals surface area contributed by atoms with Gasteiger partial charge in [-0.05, 0) is 62.6 Å². The Bertz CT molecular complexity index is 549. The van der Waals surface area contributed by atoms with Crippen LogP contribution in [0.5, 0.6) is 5.75 Å². The van der Waals surface area contributed by atoms with Crippen LogP contribution in [-0.2, 0) is 11.2 Å². The van der Waals surface area contributed by atoms with Gasteiger partial charge in [-0.2, -0.15) is 0 Å². The summed E-state index contributed by atoms with van der Waals surface area (Å²) in [6.07, 6.45) is 4.68. The number of imide groups is 1. The number of allylic oxidation sites excluding steroid dienone is 1. The molecule has 0 aliphatic carbocycles. The number of carbonyl (C=O) groups is 2. The third kappa shape index (κ3) is 4.93. The van der Waals surface area contributed by atoms with Gasteiger partial charge < -0.3 is 4.74 Å². The summed E-state index contributed by atoms with van der Waals surface area (Å²) in [7, 11) is 0. The van der Waals surface area contributed by atoms with Crippen LogP contribution in [0.2, 0.25) is 0 Å². The minimum Gasteiger partial charge on any atom is -0.491 e.